The average Bonchev–Trinajstić information content (AvgIpc) is 3.31. The van der Waals surface area contributed by atoms with E-state index in [9.17, 15) is 32.7 Å². The number of alkyl halides is 3. The van der Waals surface area contributed by atoms with Crippen LogP contribution < -0.4 is 16.0 Å². The molecule has 1 aromatic heterocycles. The van der Waals surface area contributed by atoms with Crippen molar-refractivity contribution in [3.05, 3.63) is 76.2 Å². The topological polar surface area (TPSA) is 129 Å². The molecule has 14 heteroatoms. The molecule has 10 nitrogen and oxygen atoms in total. The number of amides is 3. The number of aryl methyl sites for hydroxylation is 1. The predicted molar refractivity (Wildman–Crippen MR) is 153 cm³/mol. The Hall–Kier alpha value is -4.10. The predicted octanol–water partition coefficient (Wildman–Crippen LogP) is 5.47. The number of hydrogen-bond donors (Lipinski definition) is 4. The zero-order valence-corrected chi connectivity index (χ0v) is 24.0. The van der Waals surface area contributed by atoms with Crippen molar-refractivity contribution in [2.75, 3.05) is 30.3 Å². The standard InChI is InChI=1S/C28H32ClF3N6O4/c1-4-37(5-2)22(26(40)41)12-13-33-25(39)24-35-23(36-27(42)34-21-11-10-20(29)14-17(21)3)16-38(24)15-18-6-8-19(9-7-18)28(30,31)32/h6-11,14,16,22H,4-5,12-13,15H2,1-3H3,(H,33,39)(H,40,41)(H2,34,36,42)/t22-/m0/s1. The molecule has 0 aliphatic heterocycles. The van der Waals surface area contributed by atoms with Crippen LogP contribution in [0.4, 0.5) is 29.5 Å². The largest absolute Gasteiger partial charge is 0.480 e. The van der Waals surface area contributed by atoms with Gasteiger partial charge in [0, 0.05) is 30.0 Å². The first kappa shape index (κ1) is 32.4. The van der Waals surface area contributed by atoms with E-state index in [4.69, 9.17) is 11.6 Å². The number of hydrogen-bond acceptors (Lipinski definition) is 5. The van der Waals surface area contributed by atoms with Crippen LogP contribution in [0.5, 0.6) is 0 Å². The van der Waals surface area contributed by atoms with Gasteiger partial charge >= 0.3 is 18.2 Å². The summed E-state index contributed by atoms with van der Waals surface area (Å²) in [5, 5.41) is 18.0. The summed E-state index contributed by atoms with van der Waals surface area (Å²) in [6.45, 7) is 6.49. The second-order valence-electron chi connectivity index (χ2n) is 9.43. The van der Waals surface area contributed by atoms with E-state index in [1.807, 2.05) is 13.8 Å². The number of nitrogens with one attached hydrogen (secondary N) is 3. The number of halogens is 4. The maximum atomic E-state index is 13.1. The van der Waals surface area contributed by atoms with Gasteiger partial charge in [-0.25, -0.2) is 9.78 Å². The van der Waals surface area contributed by atoms with Gasteiger partial charge in [0.25, 0.3) is 5.91 Å². The molecular weight excluding hydrogens is 577 g/mol. The summed E-state index contributed by atoms with van der Waals surface area (Å²) in [4.78, 5) is 43.5. The van der Waals surface area contributed by atoms with Crippen LogP contribution >= 0.6 is 11.6 Å². The van der Waals surface area contributed by atoms with Crippen molar-refractivity contribution in [2.24, 2.45) is 0 Å². The van der Waals surface area contributed by atoms with Gasteiger partial charge in [0.05, 0.1) is 5.56 Å². The summed E-state index contributed by atoms with van der Waals surface area (Å²) in [7, 11) is 0. The minimum Gasteiger partial charge on any atom is -0.480 e. The molecule has 3 amide bonds. The first-order valence-electron chi connectivity index (χ1n) is 13.1. The second-order valence-corrected chi connectivity index (χ2v) is 9.87. The smallest absolute Gasteiger partial charge is 0.416 e. The Labute approximate surface area is 245 Å². The Bertz CT molecular complexity index is 1410. The van der Waals surface area contributed by atoms with Crippen molar-refractivity contribution in [2.45, 2.75) is 46.0 Å². The molecule has 3 aromatic rings. The van der Waals surface area contributed by atoms with Crippen molar-refractivity contribution in [3.8, 4) is 0 Å². The van der Waals surface area contributed by atoms with Crippen LogP contribution in [-0.2, 0) is 17.5 Å². The molecule has 0 saturated carbocycles. The third-order valence-corrected chi connectivity index (χ3v) is 6.77. The van der Waals surface area contributed by atoms with Crippen LogP contribution in [0.15, 0.2) is 48.7 Å². The van der Waals surface area contributed by atoms with E-state index >= 15 is 0 Å². The monoisotopic (exact) mass is 608 g/mol. The maximum Gasteiger partial charge on any atom is 0.416 e. The third kappa shape index (κ3) is 8.70. The summed E-state index contributed by atoms with van der Waals surface area (Å²) >= 11 is 5.96. The molecule has 0 saturated heterocycles. The normalized spacial score (nSPS) is 12.2. The lowest BCUT2D eigenvalue weighted by molar-refractivity contribution is -0.143. The lowest BCUT2D eigenvalue weighted by atomic mass is 10.1. The zero-order chi connectivity index (χ0) is 31.0. The molecule has 0 fully saturated rings. The molecule has 0 unspecified atom stereocenters. The fraction of sp³-hybridized carbons (Fsp3) is 0.357. The molecule has 0 aliphatic rings. The molecule has 1 atom stereocenters. The molecule has 226 valence electrons. The quantitative estimate of drug-likeness (QED) is 0.216. The first-order valence-corrected chi connectivity index (χ1v) is 13.5. The third-order valence-electron chi connectivity index (χ3n) is 6.53. The number of carboxylic acid groups (broad SMARTS) is 1. The van der Waals surface area contributed by atoms with E-state index in [0.717, 1.165) is 17.7 Å². The van der Waals surface area contributed by atoms with Gasteiger partial charge in [0.2, 0.25) is 5.82 Å². The summed E-state index contributed by atoms with van der Waals surface area (Å²) in [5.74, 6) is -1.76. The molecule has 0 spiro atoms. The van der Waals surface area contributed by atoms with Gasteiger partial charge in [-0.05, 0) is 67.9 Å². The lowest BCUT2D eigenvalue weighted by Gasteiger charge is -2.26. The van der Waals surface area contributed by atoms with Crippen molar-refractivity contribution in [1.82, 2.24) is 19.8 Å². The minimum atomic E-state index is -4.50. The molecule has 1 heterocycles. The number of rotatable bonds is 12. The molecule has 42 heavy (non-hydrogen) atoms. The number of imidazole rings is 1. The van der Waals surface area contributed by atoms with E-state index in [1.165, 1.54) is 22.9 Å². The Morgan fingerprint density at radius 2 is 1.74 bits per heavy atom. The number of benzene rings is 2. The number of carbonyl (C=O) groups is 3. The summed E-state index contributed by atoms with van der Waals surface area (Å²) in [5.41, 5.74) is 0.859. The van der Waals surface area contributed by atoms with Gasteiger partial charge in [0.15, 0.2) is 5.82 Å². The molecule has 0 aliphatic carbocycles. The summed E-state index contributed by atoms with van der Waals surface area (Å²) < 4.78 is 40.4. The van der Waals surface area contributed by atoms with Crippen molar-refractivity contribution >= 4 is 41.0 Å². The SMILES string of the molecule is CCN(CC)[C@@H](CCNC(=O)c1nc(NC(=O)Nc2ccc(Cl)cc2C)cn1Cc1ccc(C(F)(F)F)cc1)C(=O)O. The van der Waals surface area contributed by atoms with Crippen LogP contribution in [0.25, 0.3) is 0 Å². The van der Waals surface area contributed by atoms with Gasteiger partial charge in [-0.2, -0.15) is 13.2 Å². The number of anilines is 2. The van der Waals surface area contributed by atoms with Gasteiger partial charge in [-0.1, -0.05) is 37.6 Å². The van der Waals surface area contributed by atoms with Gasteiger partial charge in [-0.15, -0.1) is 0 Å². The van der Waals surface area contributed by atoms with E-state index in [0.29, 0.717) is 29.4 Å². The van der Waals surface area contributed by atoms with Crippen LogP contribution in [0.3, 0.4) is 0 Å². The van der Waals surface area contributed by atoms with Gasteiger partial charge in [-0.3, -0.25) is 19.8 Å². The molecule has 0 radical (unpaired) electrons. The highest BCUT2D eigenvalue weighted by atomic mass is 35.5. The number of aliphatic carboxylic acids is 1. The van der Waals surface area contributed by atoms with Crippen molar-refractivity contribution < 1.29 is 32.7 Å². The Kier molecular flexibility index (Phi) is 10.9. The number of likely N-dealkylation sites (N-methyl/N-ethyl adjacent to an activating group) is 1. The summed E-state index contributed by atoms with van der Waals surface area (Å²) in [6.07, 6.45) is -2.97. The zero-order valence-electron chi connectivity index (χ0n) is 23.3. The van der Waals surface area contributed by atoms with Gasteiger partial charge in [0.1, 0.15) is 6.04 Å². The number of urea groups is 1. The second kappa shape index (κ2) is 14.2. The van der Waals surface area contributed by atoms with Crippen LogP contribution in [-0.4, -0.2) is 63.1 Å². The molecule has 4 N–H and O–H groups in total. The van der Waals surface area contributed by atoms with Crippen LogP contribution in [0, 0.1) is 6.92 Å². The highest BCUT2D eigenvalue weighted by molar-refractivity contribution is 6.30. The van der Waals surface area contributed by atoms with Crippen LogP contribution in [0.2, 0.25) is 5.02 Å². The lowest BCUT2D eigenvalue weighted by Crippen LogP contribution is -2.43. The number of nitrogens with zero attached hydrogens (tertiary/aromatic N) is 3. The molecule has 0 bridgehead atoms. The number of carbonyl (C=O) groups excluding carboxylic acids is 2. The molecule has 3 rings (SSSR count). The van der Waals surface area contributed by atoms with E-state index in [2.05, 4.69) is 20.9 Å². The first-order chi connectivity index (χ1) is 19.8. The number of carboxylic acids is 1. The van der Waals surface area contributed by atoms with Crippen molar-refractivity contribution in [3.63, 3.8) is 0 Å². The fourth-order valence-electron chi connectivity index (χ4n) is 4.34. The molecular formula is C28H32ClF3N6O4. The highest BCUT2D eigenvalue weighted by Gasteiger charge is 2.30. The highest BCUT2D eigenvalue weighted by Crippen LogP contribution is 2.29. The average molecular weight is 609 g/mol. The van der Waals surface area contributed by atoms with Crippen molar-refractivity contribution in [1.29, 1.82) is 0 Å². The number of aromatic nitrogens is 2. The maximum absolute atomic E-state index is 13.1. The van der Waals surface area contributed by atoms with E-state index < -0.39 is 35.7 Å². The Morgan fingerprint density at radius 1 is 1.07 bits per heavy atom. The summed E-state index contributed by atoms with van der Waals surface area (Å²) in [6, 6.07) is 7.92. The Morgan fingerprint density at radius 3 is 2.31 bits per heavy atom. The van der Waals surface area contributed by atoms with E-state index in [-0.39, 0.29) is 31.2 Å². The Balaban J connectivity index is 1.80. The fourth-order valence-corrected chi connectivity index (χ4v) is 4.57. The van der Waals surface area contributed by atoms with Gasteiger partial charge < -0.3 is 20.3 Å². The van der Waals surface area contributed by atoms with Crippen LogP contribution in [0.1, 0.15) is 47.6 Å². The molecule has 2 aromatic carbocycles. The minimum absolute atomic E-state index is 0.0164. The van der Waals surface area contributed by atoms with E-state index in [1.54, 1.807) is 30.0 Å².